The molecular formula is C10H10F3N. The average molecular weight is 201 g/mol. The van der Waals surface area contributed by atoms with Crippen molar-refractivity contribution in [1.29, 1.82) is 0 Å². The maximum Gasteiger partial charge on any atom is 0.407 e. The summed E-state index contributed by atoms with van der Waals surface area (Å²) in [4.78, 5) is 0. The minimum Gasteiger partial charge on any atom is -0.316 e. The summed E-state index contributed by atoms with van der Waals surface area (Å²) in [6.45, 7) is 3.43. The highest BCUT2D eigenvalue weighted by Gasteiger charge is 2.38. The quantitative estimate of drug-likeness (QED) is 0.782. The van der Waals surface area contributed by atoms with Gasteiger partial charge < -0.3 is 5.73 Å². The van der Waals surface area contributed by atoms with E-state index in [0.717, 1.165) is 0 Å². The molecule has 76 valence electrons. The van der Waals surface area contributed by atoms with Crippen LogP contribution < -0.4 is 5.73 Å². The fraction of sp³-hybridized carbons (Fsp3) is 0.200. The molecule has 0 saturated heterocycles. The van der Waals surface area contributed by atoms with Crippen LogP contribution in [-0.4, -0.2) is 6.18 Å². The molecule has 1 nitrogen and oxygen atoms in total. The van der Waals surface area contributed by atoms with Gasteiger partial charge in [-0.2, -0.15) is 13.2 Å². The molecule has 0 aliphatic carbocycles. The van der Waals surface area contributed by atoms with E-state index in [2.05, 4.69) is 6.58 Å². The standard InChI is InChI=1S/C10H10F3N/c1-2-7-5-3-4-6-8(7)9(14)10(11,12)13/h2-6,9H,1,14H2. The Bertz CT molecular complexity index is 330. The summed E-state index contributed by atoms with van der Waals surface area (Å²) in [6.07, 6.45) is -3.06. The van der Waals surface area contributed by atoms with Gasteiger partial charge in [0.2, 0.25) is 0 Å². The molecule has 1 aromatic carbocycles. The van der Waals surface area contributed by atoms with E-state index in [1.807, 2.05) is 0 Å². The zero-order valence-electron chi connectivity index (χ0n) is 7.38. The molecule has 0 aliphatic heterocycles. The summed E-state index contributed by atoms with van der Waals surface area (Å²) in [5, 5.41) is 0. The topological polar surface area (TPSA) is 26.0 Å². The molecule has 1 rings (SSSR count). The van der Waals surface area contributed by atoms with Crippen LogP contribution in [0, 0.1) is 0 Å². The van der Waals surface area contributed by atoms with Gasteiger partial charge in [0.05, 0.1) is 0 Å². The van der Waals surface area contributed by atoms with Gasteiger partial charge in [-0.1, -0.05) is 36.9 Å². The van der Waals surface area contributed by atoms with Crippen LogP contribution in [0.15, 0.2) is 30.8 Å². The van der Waals surface area contributed by atoms with Crippen molar-refractivity contribution >= 4 is 6.08 Å². The van der Waals surface area contributed by atoms with Gasteiger partial charge in [-0.25, -0.2) is 0 Å². The number of halogens is 3. The molecule has 1 atom stereocenters. The molecule has 1 aromatic rings. The van der Waals surface area contributed by atoms with Crippen molar-refractivity contribution in [3.63, 3.8) is 0 Å². The second kappa shape index (κ2) is 3.84. The SMILES string of the molecule is C=Cc1ccccc1C(N)C(F)(F)F. The predicted octanol–water partition coefficient (Wildman–Crippen LogP) is 2.89. The van der Waals surface area contributed by atoms with Crippen LogP contribution >= 0.6 is 0 Å². The van der Waals surface area contributed by atoms with Crippen molar-refractivity contribution in [2.45, 2.75) is 12.2 Å². The molecule has 1 unspecified atom stereocenters. The Kier molecular flexibility index (Phi) is 2.96. The first kappa shape index (κ1) is 10.8. The zero-order chi connectivity index (χ0) is 10.8. The normalized spacial score (nSPS) is 13.7. The van der Waals surface area contributed by atoms with Crippen LogP contribution in [0.2, 0.25) is 0 Å². The molecule has 4 heteroatoms. The first-order valence-electron chi connectivity index (χ1n) is 4.00. The van der Waals surface area contributed by atoms with Gasteiger partial charge in [0.25, 0.3) is 0 Å². The molecule has 0 fully saturated rings. The molecule has 2 N–H and O–H groups in total. The lowest BCUT2D eigenvalue weighted by Crippen LogP contribution is -2.29. The molecule has 0 bridgehead atoms. The predicted molar refractivity (Wildman–Crippen MR) is 49.5 cm³/mol. The maximum atomic E-state index is 12.3. The highest BCUT2D eigenvalue weighted by molar-refractivity contribution is 5.52. The number of rotatable bonds is 2. The highest BCUT2D eigenvalue weighted by Crippen LogP contribution is 2.32. The Labute approximate surface area is 80.0 Å². The molecule has 0 radical (unpaired) electrons. The smallest absolute Gasteiger partial charge is 0.316 e. The molecule has 0 heterocycles. The van der Waals surface area contributed by atoms with Crippen LogP contribution in [0.4, 0.5) is 13.2 Å². The molecule has 0 amide bonds. The van der Waals surface area contributed by atoms with Gasteiger partial charge in [0, 0.05) is 0 Å². The Morgan fingerprint density at radius 1 is 1.29 bits per heavy atom. The average Bonchev–Trinajstić information content (AvgIpc) is 2.15. The van der Waals surface area contributed by atoms with Crippen LogP contribution in [0.25, 0.3) is 6.08 Å². The van der Waals surface area contributed by atoms with E-state index in [4.69, 9.17) is 5.73 Å². The molecule has 0 aliphatic rings. The van der Waals surface area contributed by atoms with Crippen molar-refractivity contribution < 1.29 is 13.2 Å². The number of hydrogen-bond donors (Lipinski definition) is 1. The summed E-state index contributed by atoms with van der Waals surface area (Å²) in [5.41, 5.74) is 5.54. The van der Waals surface area contributed by atoms with E-state index in [1.165, 1.54) is 18.2 Å². The molecule has 0 saturated carbocycles. The van der Waals surface area contributed by atoms with E-state index in [9.17, 15) is 13.2 Å². The van der Waals surface area contributed by atoms with E-state index >= 15 is 0 Å². The van der Waals surface area contributed by atoms with E-state index in [-0.39, 0.29) is 5.56 Å². The van der Waals surface area contributed by atoms with Gasteiger partial charge in [-0.15, -0.1) is 0 Å². The lowest BCUT2D eigenvalue weighted by atomic mass is 10.0. The summed E-state index contributed by atoms with van der Waals surface area (Å²) >= 11 is 0. The van der Waals surface area contributed by atoms with Crippen LogP contribution in [0.1, 0.15) is 17.2 Å². The Morgan fingerprint density at radius 2 is 1.86 bits per heavy atom. The molecule has 14 heavy (non-hydrogen) atoms. The van der Waals surface area contributed by atoms with Crippen molar-refractivity contribution in [3.8, 4) is 0 Å². The fourth-order valence-corrected chi connectivity index (χ4v) is 1.16. The van der Waals surface area contributed by atoms with Gasteiger partial charge in [0.15, 0.2) is 0 Å². The van der Waals surface area contributed by atoms with Gasteiger partial charge in [-0.05, 0) is 11.1 Å². The second-order valence-electron chi connectivity index (χ2n) is 2.85. The lowest BCUT2D eigenvalue weighted by molar-refractivity contribution is -0.149. The summed E-state index contributed by atoms with van der Waals surface area (Å²) in [7, 11) is 0. The van der Waals surface area contributed by atoms with Gasteiger partial charge in [0.1, 0.15) is 6.04 Å². The Morgan fingerprint density at radius 3 is 2.36 bits per heavy atom. The molecule has 0 spiro atoms. The number of nitrogens with two attached hydrogens (primary N) is 1. The van der Waals surface area contributed by atoms with Crippen LogP contribution in [0.3, 0.4) is 0 Å². The monoisotopic (exact) mass is 201 g/mol. The maximum absolute atomic E-state index is 12.3. The third kappa shape index (κ3) is 2.14. The summed E-state index contributed by atoms with van der Waals surface area (Å²) in [5.74, 6) is 0. The van der Waals surface area contributed by atoms with Gasteiger partial charge >= 0.3 is 6.18 Å². The largest absolute Gasteiger partial charge is 0.407 e. The second-order valence-corrected chi connectivity index (χ2v) is 2.85. The van der Waals surface area contributed by atoms with Crippen LogP contribution in [0.5, 0.6) is 0 Å². The van der Waals surface area contributed by atoms with E-state index in [1.54, 1.807) is 12.1 Å². The van der Waals surface area contributed by atoms with E-state index < -0.39 is 12.2 Å². The minimum absolute atomic E-state index is 0.0509. The Balaban J connectivity index is 3.12. The molecular weight excluding hydrogens is 191 g/mol. The highest BCUT2D eigenvalue weighted by atomic mass is 19.4. The van der Waals surface area contributed by atoms with Crippen molar-refractivity contribution in [1.82, 2.24) is 0 Å². The Hall–Kier alpha value is -1.29. The summed E-state index contributed by atoms with van der Waals surface area (Å²) < 4.78 is 36.9. The first-order chi connectivity index (χ1) is 6.46. The number of benzene rings is 1. The third-order valence-corrected chi connectivity index (χ3v) is 1.90. The zero-order valence-corrected chi connectivity index (χ0v) is 7.38. The molecule has 0 aromatic heterocycles. The fourth-order valence-electron chi connectivity index (χ4n) is 1.16. The third-order valence-electron chi connectivity index (χ3n) is 1.90. The van der Waals surface area contributed by atoms with Crippen LogP contribution in [-0.2, 0) is 0 Å². The number of alkyl halides is 3. The van der Waals surface area contributed by atoms with E-state index in [0.29, 0.717) is 5.56 Å². The minimum atomic E-state index is -4.42. The van der Waals surface area contributed by atoms with Gasteiger partial charge in [-0.3, -0.25) is 0 Å². The lowest BCUT2D eigenvalue weighted by Gasteiger charge is -2.17. The summed E-state index contributed by atoms with van der Waals surface area (Å²) in [6, 6.07) is 4.12. The first-order valence-corrected chi connectivity index (χ1v) is 4.00. The van der Waals surface area contributed by atoms with Crippen molar-refractivity contribution in [2.75, 3.05) is 0 Å². The number of hydrogen-bond acceptors (Lipinski definition) is 1. The van der Waals surface area contributed by atoms with Crippen molar-refractivity contribution in [2.24, 2.45) is 5.73 Å². The van der Waals surface area contributed by atoms with Crippen molar-refractivity contribution in [3.05, 3.63) is 42.0 Å².